The van der Waals surface area contributed by atoms with Crippen molar-refractivity contribution in [2.45, 2.75) is 45.2 Å². The van der Waals surface area contributed by atoms with E-state index in [1.165, 1.54) is 51.0 Å². The van der Waals surface area contributed by atoms with Crippen molar-refractivity contribution in [2.24, 2.45) is 0 Å². The number of nitrogens with zero attached hydrogens (tertiary/aromatic N) is 1. The predicted molar refractivity (Wildman–Crippen MR) is 67.5 cm³/mol. The van der Waals surface area contributed by atoms with Crippen molar-refractivity contribution < 1.29 is 0 Å². The standard InChI is InChI=1S/C12H25NSi/c1-3-14(4-2)12-8-7-11-13-9-5-6-10-13/h8,12,14H,3-7,9-11H2,1-2H3. The van der Waals surface area contributed by atoms with Crippen LogP contribution in [0.2, 0.25) is 12.1 Å². The molecule has 0 aromatic rings. The van der Waals surface area contributed by atoms with Gasteiger partial charge in [-0.15, -0.1) is 5.70 Å². The molecule has 1 rings (SSSR count). The summed E-state index contributed by atoms with van der Waals surface area (Å²) in [6.07, 6.45) is 6.57. The molecule has 1 aliphatic rings. The van der Waals surface area contributed by atoms with Gasteiger partial charge in [0.05, 0.1) is 8.80 Å². The van der Waals surface area contributed by atoms with E-state index in [0.717, 1.165) is 0 Å². The van der Waals surface area contributed by atoms with E-state index in [1.54, 1.807) is 0 Å². The average Bonchev–Trinajstić information content (AvgIpc) is 2.71. The third-order valence-electron chi connectivity index (χ3n) is 3.27. The highest BCUT2D eigenvalue weighted by Crippen LogP contribution is 2.08. The van der Waals surface area contributed by atoms with Crippen molar-refractivity contribution in [3.05, 3.63) is 11.8 Å². The maximum absolute atomic E-state index is 2.60. The molecule has 1 saturated heterocycles. The zero-order valence-electron chi connectivity index (χ0n) is 9.84. The molecule has 0 unspecified atom stereocenters. The second-order valence-electron chi connectivity index (χ2n) is 4.34. The van der Waals surface area contributed by atoms with Crippen molar-refractivity contribution >= 4 is 8.80 Å². The second kappa shape index (κ2) is 7.24. The summed E-state index contributed by atoms with van der Waals surface area (Å²) in [5, 5.41) is 0. The van der Waals surface area contributed by atoms with Crippen LogP contribution in [0.15, 0.2) is 11.8 Å². The summed E-state index contributed by atoms with van der Waals surface area (Å²) < 4.78 is 0. The van der Waals surface area contributed by atoms with E-state index in [4.69, 9.17) is 0 Å². The number of hydrogen-bond acceptors (Lipinski definition) is 1. The molecular formula is C12H25NSi. The minimum Gasteiger partial charge on any atom is -0.303 e. The van der Waals surface area contributed by atoms with Crippen LogP contribution in [0.4, 0.5) is 0 Å². The number of rotatable bonds is 6. The monoisotopic (exact) mass is 211 g/mol. The van der Waals surface area contributed by atoms with E-state index < -0.39 is 8.80 Å². The molecule has 0 N–H and O–H groups in total. The van der Waals surface area contributed by atoms with Gasteiger partial charge in [-0.05, 0) is 32.4 Å². The van der Waals surface area contributed by atoms with Crippen LogP contribution in [0.1, 0.15) is 33.1 Å². The molecular weight excluding hydrogens is 186 g/mol. The molecule has 1 heterocycles. The molecule has 0 atom stereocenters. The molecule has 1 nitrogen and oxygen atoms in total. The van der Waals surface area contributed by atoms with Gasteiger partial charge in [0.15, 0.2) is 0 Å². The molecule has 1 fully saturated rings. The molecule has 0 bridgehead atoms. The van der Waals surface area contributed by atoms with Gasteiger partial charge in [0.2, 0.25) is 0 Å². The number of likely N-dealkylation sites (tertiary alicyclic amines) is 1. The summed E-state index contributed by atoms with van der Waals surface area (Å²) >= 11 is 0. The highest BCUT2D eigenvalue weighted by molar-refractivity contribution is 6.64. The van der Waals surface area contributed by atoms with Gasteiger partial charge in [0.25, 0.3) is 0 Å². The van der Waals surface area contributed by atoms with Crippen LogP contribution in [0.25, 0.3) is 0 Å². The Kier molecular flexibility index (Phi) is 6.20. The Hall–Kier alpha value is -0.0831. The van der Waals surface area contributed by atoms with Crippen LogP contribution in [0.3, 0.4) is 0 Å². The fourth-order valence-electron chi connectivity index (χ4n) is 2.11. The summed E-state index contributed by atoms with van der Waals surface area (Å²) in [4.78, 5) is 2.60. The largest absolute Gasteiger partial charge is 0.303 e. The van der Waals surface area contributed by atoms with Gasteiger partial charge in [-0.3, -0.25) is 0 Å². The molecule has 2 heteroatoms. The highest BCUT2D eigenvalue weighted by Gasteiger charge is 2.09. The molecule has 14 heavy (non-hydrogen) atoms. The van der Waals surface area contributed by atoms with E-state index in [1.807, 2.05) is 0 Å². The Morgan fingerprint density at radius 1 is 1.14 bits per heavy atom. The fourth-order valence-corrected chi connectivity index (χ4v) is 3.81. The van der Waals surface area contributed by atoms with Crippen LogP contribution in [-0.4, -0.2) is 33.3 Å². The summed E-state index contributed by atoms with van der Waals surface area (Å²) in [5.41, 5.74) is 2.55. The maximum atomic E-state index is 2.60. The van der Waals surface area contributed by atoms with Crippen LogP contribution < -0.4 is 0 Å². The smallest absolute Gasteiger partial charge is 0.0605 e. The zero-order chi connectivity index (χ0) is 10.2. The van der Waals surface area contributed by atoms with Crippen molar-refractivity contribution in [3.8, 4) is 0 Å². The first kappa shape index (κ1) is 12.0. The van der Waals surface area contributed by atoms with Crippen LogP contribution in [0, 0.1) is 0 Å². The van der Waals surface area contributed by atoms with Gasteiger partial charge < -0.3 is 4.90 Å². The lowest BCUT2D eigenvalue weighted by Gasteiger charge is -2.12. The third-order valence-corrected chi connectivity index (χ3v) is 6.18. The zero-order valence-corrected chi connectivity index (χ0v) is 11.0. The van der Waals surface area contributed by atoms with Crippen molar-refractivity contribution in [1.29, 1.82) is 0 Å². The molecule has 0 amide bonds. The van der Waals surface area contributed by atoms with Crippen molar-refractivity contribution in [1.82, 2.24) is 4.90 Å². The van der Waals surface area contributed by atoms with E-state index in [0.29, 0.717) is 0 Å². The number of hydrogen-bond donors (Lipinski definition) is 0. The highest BCUT2D eigenvalue weighted by atomic mass is 28.3. The lowest BCUT2D eigenvalue weighted by molar-refractivity contribution is 0.346. The molecule has 0 aromatic heterocycles. The van der Waals surface area contributed by atoms with Crippen molar-refractivity contribution in [3.63, 3.8) is 0 Å². The van der Waals surface area contributed by atoms with Gasteiger partial charge >= 0.3 is 0 Å². The molecule has 0 aliphatic carbocycles. The van der Waals surface area contributed by atoms with Crippen LogP contribution >= 0.6 is 0 Å². The van der Waals surface area contributed by atoms with Crippen LogP contribution in [-0.2, 0) is 0 Å². The summed E-state index contributed by atoms with van der Waals surface area (Å²) in [5.74, 6) is 0. The third kappa shape index (κ3) is 4.42. The fraction of sp³-hybridized carbons (Fsp3) is 0.833. The van der Waals surface area contributed by atoms with E-state index in [-0.39, 0.29) is 0 Å². The molecule has 0 spiro atoms. The molecule has 0 saturated carbocycles. The quantitative estimate of drug-likeness (QED) is 0.611. The van der Waals surface area contributed by atoms with Gasteiger partial charge in [-0.25, -0.2) is 0 Å². The minimum absolute atomic E-state index is 0.456. The first-order valence-electron chi connectivity index (χ1n) is 6.25. The average molecular weight is 211 g/mol. The first-order chi connectivity index (χ1) is 6.86. The Labute approximate surface area is 90.8 Å². The Morgan fingerprint density at radius 2 is 1.79 bits per heavy atom. The van der Waals surface area contributed by atoms with Gasteiger partial charge in [0, 0.05) is 6.54 Å². The predicted octanol–water partition coefficient (Wildman–Crippen LogP) is 2.83. The van der Waals surface area contributed by atoms with Crippen LogP contribution in [0.5, 0.6) is 0 Å². The summed E-state index contributed by atoms with van der Waals surface area (Å²) in [6.45, 7) is 8.66. The topological polar surface area (TPSA) is 3.24 Å². The van der Waals surface area contributed by atoms with E-state index in [9.17, 15) is 0 Å². The van der Waals surface area contributed by atoms with Gasteiger partial charge in [-0.1, -0.05) is 32.0 Å². The molecule has 0 aromatic carbocycles. The Morgan fingerprint density at radius 3 is 2.36 bits per heavy atom. The molecule has 82 valence electrons. The maximum Gasteiger partial charge on any atom is 0.0605 e. The SMILES string of the molecule is CC[SiH](C=CCCN1CCCC1)CC. The van der Waals surface area contributed by atoms with Crippen molar-refractivity contribution in [2.75, 3.05) is 19.6 Å². The summed E-state index contributed by atoms with van der Waals surface area (Å²) in [6, 6.07) is 2.85. The first-order valence-corrected chi connectivity index (χ1v) is 8.55. The summed E-state index contributed by atoms with van der Waals surface area (Å²) in [7, 11) is -0.456. The normalized spacial score (nSPS) is 18.8. The van der Waals surface area contributed by atoms with Gasteiger partial charge in [0.1, 0.15) is 0 Å². The lowest BCUT2D eigenvalue weighted by Crippen LogP contribution is -2.19. The van der Waals surface area contributed by atoms with E-state index >= 15 is 0 Å². The Balaban J connectivity index is 2.06. The molecule has 0 radical (unpaired) electrons. The minimum atomic E-state index is -0.456. The molecule has 1 aliphatic heterocycles. The Bertz CT molecular complexity index is 158. The lowest BCUT2D eigenvalue weighted by atomic mass is 10.4. The second-order valence-corrected chi connectivity index (χ2v) is 7.88. The van der Waals surface area contributed by atoms with Gasteiger partial charge in [-0.2, -0.15) is 0 Å². The van der Waals surface area contributed by atoms with E-state index in [2.05, 4.69) is 30.5 Å².